The lowest BCUT2D eigenvalue weighted by Crippen LogP contribution is -2.34. The molecule has 2 aromatic rings. The van der Waals surface area contributed by atoms with Crippen LogP contribution in [-0.2, 0) is 6.42 Å². The van der Waals surface area contributed by atoms with Crippen LogP contribution in [0.4, 0.5) is 0 Å². The maximum Gasteiger partial charge on any atom is 0.126 e. The third-order valence-corrected chi connectivity index (χ3v) is 3.96. The number of benzene rings is 2. The maximum absolute atomic E-state index is 9.53. The van der Waals surface area contributed by atoms with E-state index in [-0.39, 0.29) is 11.9 Å². The summed E-state index contributed by atoms with van der Waals surface area (Å²) in [6, 6.07) is 15.2. The lowest BCUT2D eigenvalue weighted by atomic mass is 10.0. The number of aryl methyl sites for hydroxylation is 1. The fourth-order valence-electron chi connectivity index (χ4n) is 2.73. The first-order chi connectivity index (χ1) is 11.3. The van der Waals surface area contributed by atoms with Gasteiger partial charge < -0.3 is 19.9 Å². The lowest BCUT2D eigenvalue weighted by molar-refractivity contribution is 0.169. The molecule has 4 nitrogen and oxygen atoms in total. The predicted molar refractivity (Wildman–Crippen MR) is 90.3 cm³/mol. The molecule has 122 valence electrons. The Balaban J connectivity index is 1.32. The van der Waals surface area contributed by atoms with Crippen LogP contribution in [0, 0.1) is 0 Å². The van der Waals surface area contributed by atoms with Gasteiger partial charge in [-0.2, -0.15) is 0 Å². The Labute approximate surface area is 137 Å². The van der Waals surface area contributed by atoms with E-state index in [0.717, 1.165) is 43.9 Å². The Bertz CT molecular complexity index is 615. The maximum atomic E-state index is 9.53. The second-order valence-corrected chi connectivity index (χ2v) is 5.79. The van der Waals surface area contributed by atoms with Gasteiger partial charge in [-0.15, -0.1) is 0 Å². The van der Waals surface area contributed by atoms with E-state index in [2.05, 4.69) is 5.32 Å². The molecule has 2 N–H and O–H groups in total. The molecule has 1 aliphatic rings. The molecule has 0 spiro atoms. The van der Waals surface area contributed by atoms with Crippen molar-refractivity contribution in [3.63, 3.8) is 0 Å². The Morgan fingerprint density at radius 1 is 1.17 bits per heavy atom. The van der Waals surface area contributed by atoms with Gasteiger partial charge in [-0.1, -0.05) is 24.3 Å². The molecule has 0 saturated heterocycles. The minimum absolute atomic E-state index is 0.166. The van der Waals surface area contributed by atoms with E-state index in [1.165, 1.54) is 5.56 Å². The molecule has 4 heteroatoms. The second kappa shape index (κ2) is 7.88. The van der Waals surface area contributed by atoms with E-state index in [4.69, 9.17) is 9.47 Å². The smallest absolute Gasteiger partial charge is 0.126 e. The van der Waals surface area contributed by atoms with Crippen LogP contribution in [0.15, 0.2) is 48.5 Å². The highest BCUT2D eigenvalue weighted by atomic mass is 16.5. The molecular formula is C19H23NO3. The summed E-state index contributed by atoms with van der Waals surface area (Å²) in [4.78, 5) is 0. The fourth-order valence-corrected chi connectivity index (χ4v) is 2.73. The molecule has 2 aromatic carbocycles. The molecule has 1 aliphatic heterocycles. The molecular weight excluding hydrogens is 290 g/mol. The molecule has 1 heterocycles. The zero-order chi connectivity index (χ0) is 15.9. The summed E-state index contributed by atoms with van der Waals surface area (Å²) >= 11 is 0. The molecule has 0 unspecified atom stereocenters. The molecule has 0 radical (unpaired) electrons. The molecule has 0 bridgehead atoms. The van der Waals surface area contributed by atoms with Gasteiger partial charge in [-0.3, -0.25) is 0 Å². The van der Waals surface area contributed by atoms with E-state index in [1.807, 2.05) is 36.4 Å². The lowest BCUT2D eigenvalue weighted by Gasteiger charge is -2.26. The number of phenols is 1. The van der Waals surface area contributed by atoms with Crippen molar-refractivity contribution in [1.29, 1.82) is 0 Å². The molecule has 0 aromatic heterocycles. The van der Waals surface area contributed by atoms with Crippen molar-refractivity contribution in [1.82, 2.24) is 5.32 Å². The number of hydrogen-bond donors (Lipinski definition) is 2. The summed E-state index contributed by atoms with van der Waals surface area (Å²) in [6.45, 7) is 2.43. The fraction of sp³-hybridized carbons (Fsp3) is 0.368. The van der Waals surface area contributed by atoms with Crippen molar-refractivity contribution in [2.24, 2.45) is 0 Å². The molecule has 0 saturated carbocycles. The summed E-state index contributed by atoms with van der Waals surface area (Å²) in [5.41, 5.74) is 1.18. The van der Waals surface area contributed by atoms with E-state index in [0.29, 0.717) is 6.61 Å². The number of phenolic OH excluding ortho intramolecular Hbond substituents is 1. The Morgan fingerprint density at radius 2 is 2.04 bits per heavy atom. The SMILES string of the molecule is Oc1ccc2c(c1)O[C@@H](CNCCCOc1ccccc1)CC2. The highest BCUT2D eigenvalue weighted by Crippen LogP contribution is 2.30. The third-order valence-electron chi connectivity index (χ3n) is 3.96. The van der Waals surface area contributed by atoms with Crippen LogP contribution in [0.2, 0.25) is 0 Å². The van der Waals surface area contributed by atoms with Crippen molar-refractivity contribution < 1.29 is 14.6 Å². The molecule has 1 atom stereocenters. The summed E-state index contributed by atoms with van der Waals surface area (Å²) < 4.78 is 11.6. The van der Waals surface area contributed by atoms with Crippen molar-refractivity contribution in [3.8, 4) is 17.2 Å². The summed E-state index contributed by atoms with van der Waals surface area (Å²) in [7, 11) is 0. The Hall–Kier alpha value is -2.20. The van der Waals surface area contributed by atoms with Crippen LogP contribution in [0.1, 0.15) is 18.4 Å². The normalized spacial score (nSPS) is 16.4. The Kier molecular flexibility index (Phi) is 5.37. The van der Waals surface area contributed by atoms with Gasteiger partial charge in [-0.05, 0) is 49.6 Å². The number of ether oxygens (including phenoxy) is 2. The quantitative estimate of drug-likeness (QED) is 0.771. The minimum Gasteiger partial charge on any atom is -0.508 e. The van der Waals surface area contributed by atoms with Crippen LogP contribution in [-0.4, -0.2) is 30.9 Å². The van der Waals surface area contributed by atoms with Crippen molar-refractivity contribution >= 4 is 0 Å². The van der Waals surface area contributed by atoms with Crippen LogP contribution in [0.3, 0.4) is 0 Å². The average Bonchev–Trinajstić information content (AvgIpc) is 2.58. The van der Waals surface area contributed by atoms with Crippen LogP contribution in [0.5, 0.6) is 17.2 Å². The highest BCUT2D eigenvalue weighted by Gasteiger charge is 2.19. The average molecular weight is 313 g/mol. The predicted octanol–water partition coefficient (Wildman–Crippen LogP) is 3.14. The zero-order valence-corrected chi connectivity index (χ0v) is 13.2. The first-order valence-corrected chi connectivity index (χ1v) is 8.18. The van der Waals surface area contributed by atoms with Crippen molar-refractivity contribution in [2.75, 3.05) is 19.7 Å². The number of hydrogen-bond acceptors (Lipinski definition) is 4. The molecule has 0 aliphatic carbocycles. The summed E-state index contributed by atoms with van der Waals surface area (Å²) in [6.07, 6.45) is 3.13. The third kappa shape index (κ3) is 4.63. The van der Waals surface area contributed by atoms with Gasteiger partial charge in [0, 0.05) is 12.6 Å². The van der Waals surface area contributed by atoms with Gasteiger partial charge in [0.25, 0.3) is 0 Å². The van der Waals surface area contributed by atoms with Gasteiger partial charge in [0.15, 0.2) is 0 Å². The number of aromatic hydroxyl groups is 1. The minimum atomic E-state index is 0.166. The van der Waals surface area contributed by atoms with Crippen molar-refractivity contribution in [3.05, 3.63) is 54.1 Å². The number of nitrogens with one attached hydrogen (secondary N) is 1. The molecule has 23 heavy (non-hydrogen) atoms. The van der Waals surface area contributed by atoms with Crippen molar-refractivity contribution in [2.45, 2.75) is 25.4 Å². The van der Waals surface area contributed by atoms with E-state index in [1.54, 1.807) is 12.1 Å². The highest BCUT2D eigenvalue weighted by molar-refractivity contribution is 5.41. The second-order valence-electron chi connectivity index (χ2n) is 5.79. The number of rotatable bonds is 7. The van der Waals surface area contributed by atoms with Gasteiger partial charge in [0.2, 0.25) is 0 Å². The number of para-hydroxylation sites is 1. The van der Waals surface area contributed by atoms with E-state index < -0.39 is 0 Å². The standard InChI is InChI=1S/C19H23NO3/c21-16-9-7-15-8-10-18(23-19(15)13-16)14-20-11-4-12-22-17-5-2-1-3-6-17/h1-3,5-7,9,13,18,20-21H,4,8,10-12,14H2/t18-/m1/s1. The first-order valence-electron chi connectivity index (χ1n) is 8.18. The number of fused-ring (bicyclic) bond motifs is 1. The largest absolute Gasteiger partial charge is 0.508 e. The Morgan fingerprint density at radius 3 is 2.91 bits per heavy atom. The van der Waals surface area contributed by atoms with E-state index in [9.17, 15) is 5.11 Å². The molecule has 0 fully saturated rings. The van der Waals surface area contributed by atoms with Crippen LogP contribution >= 0.6 is 0 Å². The van der Waals surface area contributed by atoms with Crippen LogP contribution < -0.4 is 14.8 Å². The summed E-state index contributed by atoms with van der Waals surface area (Å²) in [5, 5.41) is 13.0. The zero-order valence-electron chi connectivity index (χ0n) is 13.2. The van der Waals surface area contributed by atoms with Gasteiger partial charge in [0.05, 0.1) is 6.61 Å². The van der Waals surface area contributed by atoms with Crippen LogP contribution in [0.25, 0.3) is 0 Å². The summed E-state index contributed by atoms with van der Waals surface area (Å²) in [5.74, 6) is 1.99. The first kappa shape index (κ1) is 15.7. The van der Waals surface area contributed by atoms with Gasteiger partial charge >= 0.3 is 0 Å². The topological polar surface area (TPSA) is 50.7 Å². The monoisotopic (exact) mass is 313 g/mol. The molecule has 0 amide bonds. The van der Waals surface area contributed by atoms with E-state index >= 15 is 0 Å². The van der Waals surface area contributed by atoms with Gasteiger partial charge in [0.1, 0.15) is 23.4 Å². The van der Waals surface area contributed by atoms with Gasteiger partial charge in [-0.25, -0.2) is 0 Å². The molecule has 3 rings (SSSR count).